The van der Waals surface area contributed by atoms with Gasteiger partial charge in [0.05, 0.1) is 19.1 Å². The maximum absolute atomic E-state index is 13.6. The van der Waals surface area contributed by atoms with Gasteiger partial charge < -0.3 is 15.0 Å². The number of para-hydroxylation sites is 1. The predicted octanol–water partition coefficient (Wildman–Crippen LogP) is 3.27. The average molecular weight is 504 g/mol. The van der Waals surface area contributed by atoms with Crippen LogP contribution in [0.4, 0.5) is 5.69 Å². The number of nitrogens with zero attached hydrogens (tertiary/aromatic N) is 2. The van der Waals surface area contributed by atoms with Gasteiger partial charge in [-0.25, -0.2) is 8.42 Å². The van der Waals surface area contributed by atoms with Crippen molar-refractivity contribution in [3.8, 4) is 5.75 Å². The maximum atomic E-state index is 13.6. The Labute approximate surface area is 209 Å². The SMILES string of the molecule is COc1cccc(CN(C(=O)CN(c2c(C)cccc2C)S(C)(=O)=O)[C@@H](C)C(=O)NCC(C)C)c1. The third-order valence-electron chi connectivity index (χ3n) is 5.71. The summed E-state index contributed by atoms with van der Waals surface area (Å²) in [4.78, 5) is 28.0. The molecular formula is C26H37N3O5S. The van der Waals surface area contributed by atoms with Gasteiger partial charge in [0.25, 0.3) is 0 Å². The first-order chi connectivity index (χ1) is 16.3. The van der Waals surface area contributed by atoms with Gasteiger partial charge in [0.15, 0.2) is 0 Å². The third kappa shape index (κ3) is 7.71. The Morgan fingerprint density at radius 2 is 1.63 bits per heavy atom. The highest BCUT2D eigenvalue weighted by molar-refractivity contribution is 7.92. The van der Waals surface area contributed by atoms with E-state index in [4.69, 9.17) is 4.74 Å². The molecule has 2 rings (SSSR count). The molecule has 8 nitrogen and oxygen atoms in total. The molecule has 1 N–H and O–H groups in total. The normalized spacial score (nSPS) is 12.2. The number of benzene rings is 2. The van der Waals surface area contributed by atoms with Gasteiger partial charge in [-0.2, -0.15) is 0 Å². The Balaban J connectivity index is 2.44. The largest absolute Gasteiger partial charge is 0.497 e. The minimum Gasteiger partial charge on any atom is -0.497 e. The summed E-state index contributed by atoms with van der Waals surface area (Å²) in [5.41, 5.74) is 2.72. The van der Waals surface area contributed by atoms with Crippen molar-refractivity contribution in [1.29, 1.82) is 0 Å². The number of rotatable bonds is 11. The standard InChI is InChI=1S/C26H37N3O5S/c1-18(2)15-27-26(31)21(5)28(16-22-12-9-13-23(14-22)34-6)24(30)17-29(35(7,32)33)25-19(3)10-8-11-20(25)4/h8-14,18,21H,15-17H2,1-7H3,(H,27,31)/t21-/m0/s1. The van der Waals surface area contributed by atoms with Crippen molar-refractivity contribution in [3.05, 3.63) is 59.2 Å². The van der Waals surface area contributed by atoms with Gasteiger partial charge in [-0.05, 0) is 55.5 Å². The van der Waals surface area contributed by atoms with Crippen molar-refractivity contribution in [3.63, 3.8) is 0 Å². The minimum absolute atomic E-state index is 0.122. The van der Waals surface area contributed by atoms with Crippen molar-refractivity contribution in [2.75, 3.05) is 30.8 Å². The molecule has 2 amide bonds. The number of nitrogens with one attached hydrogen (secondary N) is 1. The van der Waals surface area contributed by atoms with E-state index in [1.165, 1.54) is 4.90 Å². The molecule has 9 heteroatoms. The second-order valence-electron chi connectivity index (χ2n) is 9.20. The molecule has 0 spiro atoms. The molecule has 0 saturated carbocycles. The lowest BCUT2D eigenvalue weighted by Crippen LogP contribution is -2.51. The number of methoxy groups -OCH3 is 1. The molecule has 0 radical (unpaired) electrons. The summed E-state index contributed by atoms with van der Waals surface area (Å²) in [6.07, 6.45) is 1.08. The summed E-state index contributed by atoms with van der Waals surface area (Å²) in [5, 5.41) is 2.87. The molecule has 35 heavy (non-hydrogen) atoms. The van der Waals surface area contributed by atoms with E-state index in [0.29, 0.717) is 18.0 Å². The maximum Gasteiger partial charge on any atom is 0.244 e. The number of hydrogen-bond acceptors (Lipinski definition) is 5. The molecule has 192 valence electrons. The summed E-state index contributed by atoms with van der Waals surface area (Å²) in [6.45, 7) is 9.41. The molecule has 0 aliphatic carbocycles. The fraction of sp³-hybridized carbons (Fsp3) is 0.462. The van der Waals surface area contributed by atoms with Crippen LogP contribution in [0.2, 0.25) is 0 Å². The summed E-state index contributed by atoms with van der Waals surface area (Å²) in [5.74, 6) is 0.0968. The van der Waals surface area contributed by atoms with E-state index in [-0.39, 0.29) is 18.4 Å². The lowest BCUT2D eigenvalue weighted by Gasteiger charge is -2.32. The van der Waals surface area contributed by atoms with E-state index in [1.54, 1.807) is 58.2 Å². The lowest BCUT2D eigenvalue weighted by atomic mass is 10.1. The van der Waals surface area contributed by atoms with Gasteiger partial charge in [-0.3, -0.25) is 13.9 Å². The Morgan fingerprint density at radius 1 is 1.03 bits per heavy atom. The molecule has 0 fully saturated rings. The first-order valence-electron chi connectivity index (χ1n) is 11.6. The Morgan fingerprint density at radius 3 is 2.17 bits per heavy atom. The van der Waals surface area contributed by atoms with Crippen LogP contribution < -0.4 is 14.4 Å². The van der Waals surface area contributed by atoms with Crippen LogP contribution in [-0.2, 0) is 26.2 Å². The van der Waals surface area contributed by atoms with Crippen LogP contribution in [0.1, 0.15) is 37.5 Å². The fourth-order valence-corrected chi connectivity index (χ4v) is 4.74. The number of aryl methyl sites for hydroxylation is 2. The minimum atomic E-state index is -3.78. The first-order valence-corrected chi connectivity index (χ1v) is 13.4. The van der Waals surface area contributed by atoms with Gasteiger partial charge in [-0.1, -0.05) is 44.2 Å². The number of ether oxygens (including phenoxy) is 1. The van der Waals surface area contributed by atoms with Crippen molar-refractivity contribution in [2.45, 2.75) is 47.2 Å². The van der Waals surface area contributed by atoms with Crippen molar-refractivity contribution >= 4 is 27.5 Å². The van der Waals surface area contributed by atoms with Crippen LogP contribution in [0, 0.1) is 19.8 Å². The second kappa shape index (κ2) is 12.1. The molecule has 0 aromatic heterocycles. The zero-order valence-electron chi connectivity index (χ0n) is 21.7. The van der Waals surface area contributed by atoms with Crippen molar-refractivity contribution in [2.24, 2.45) is 5.92 Å². The van der Waals surface area contributed by atoms with Crippen LogP contribution >= 0.6 is 0 Å². The summed E-state index contributed by atoms with van der Waals surface area (Å²) in [7, 11) is -2.22. The van der Waals surface area contributed by atoms with E-state index in [1.807, 2.05) is 26.0 Å². The number of carbonyl (C=O) groups is 2. The molecule has 0 unspecified atom stereocenters. The molecule has 2 aromatic carbocycles. The fourth-order valence-electron chi connectivity index (χ4n) is 3.78. The number of anilines is 1. The highest BCUT2D eigenvalue weighted by Crippen LogP contribution is 2.27. The Hall–Kier alpha value is -3.07. The number of amides is 2. The average Bonchev–Trinajstić information content (AvgIpc) is 2.79. The van der Waals surface area contributed by atoms with E-state index < -0.39 is 28.5 Å². The first kappa shape index (κ1) is 28.2. The Kier molecular flexibility index (Phi) is 9.71. The number of hydrogen-bond donors (Lipinski definition) is 1. The smallest absolute Gasteiger partial charge is 0.244 e. The molecule has 0 heterocycles. The van der Waals surface area contributed by atoms with Crippen LogP contribution in [0.5, 0.6) is 5.75 Å². The highest BCUT2D eigenvalue weighted by Gasteiger charge is 2.31. The van der Waals surface area contributed by atoms with E-state index in [0.717, 1.165) is 27.3 Å². The molecule has 2 aromatic rings. The molecular weight excluding hydrogens is 466 g/mol. The molecule has 0 bridgehead atoms. The monoisotopic (exact) mass is 503 g/mol. The molecule has 1 atom stereocenters. The van der Waals surface area contributed by atoms with E-state index in [9.17, 15) is 18.0 Å². The van der Waals surface area contributed by atoms with Crippen LogP contribution in [0.3, 0.4) is 0 Å². The summed E-state index contributed by atoms with van der Waals surface area (Å²) >= 11 is 0. The third-order valence-corrected chi connectivity index (χ3v) is 6.82. The quantitative estimate of drug-likeness (QED) is 0.508. The van der Waals surface area contributed by atoms with Crippen LogP contribution in [0.15, 0.2) is 42.5 Å². The summed E-state index contributed by atoms with van der Waals surface area (Å²) in [6, 6.07) is 11.9. The summed E-state index contributed by atoms with van der Waals surface area (Å²) < 4.78 is 32.0. The van der Waals surface area contributed by atoms with Gasteiger partial charge in [0, 0.05) is 13.1 Å². The van der Waals surface area contributed by atoms with Gasteiger partial charge >= 0.3 is 0 Å². The highest BCUT2D eigenvalue weighted by atomic mass is 32.2. The zero-order chi connectivity index (χ0) is 26.3. The second-order valence-corrected chi connectivity index (χ2v) is 11.1. The molecule has 0 aliphatic heterocycles. The Bertz CT molecular complexity index is 1130. The van der Waals surface area contributed by atoms with E-state index >= 15 is 0 Å². The van der Waals surface area contributed by atoms with Crippen LogP contribution in [0.25, 0.3) is 0 Å². The van der Waals surface area contributed by atoms with Gasteiger partial charge in [0.1, 0.15) is 18.3 Å². The topological polar surface area (TPSA) is 96.0 Å². The van der Waals surface area contributed by atoms with Crippen molar-refractivity contribution in [1.82, 2.24) is 10.2 Å². The van der Waals surface area contributed by atoms with Gasteiger partial charge in [0.2, 0.25) is 21.8 Å². The number of carbonyl (C=O) groups excluding carboxylic acids is 2. The zero-order valence-corrected chi connectivity index (χ0v) is 22.5. The van der Waals surface area contributed by atoms with Gasteiger partial charge in [-0.15, -0.1) is 0 Å². The number of sulfonamides is 1. The molecule has 0 aliphatic rings. The van der Waals surface area contributed by atoms with Crippen molar-refractivity contribution < 1.29 is 22.7 Å². The van der Waals surface area contributed by atoms with E-state index in [2.05, 4.69) is 5.32 Å². The van der Waals surface area contributed by atoms with Crippen LogP contribution in [-0.4, -0.2) is 57.6 Å². The lowest BCUT2D eigenvalue weighted by molar-refractivity contribution is -0.139. The predicted molar refractivity (Wildman–Crippen MR) is 139 cm³/mol. The molecule has 0 saturated heterocycles.